The van der Waals surface area contributed by atoms with E-state index in [1.54, 1.807) is 0 Å². The van der Waals surface area contributed by atoms with Gasteiger partial charge >= 0.3 is 17.4 Å². The first-order valence-electron chi connectivity index (χ1n) is 8.22. The summed E-state index contributed by atoms with van der Waals surface area (Å²) in [4.78, 5) is 62.2. The van der Waals surface area contributed by atoms with Crippen LogP contribution in [0.1, 0.15) is 25.7 Å². The minimum atomic E-state index is -1.41. The molecule has 0 aromatic heterocycles. The van der Waals surface area contributed by atoms with Gasteiger partial charge in [0.2, 0.25) is 0 Å². The number of nitrogens with zero attached hydrogens (tertiary/aromatic N) is 2. The third-order valence-electron chi connectivity index (χ3n) is 2.88. The second kappa shape index (κ2) is 16.0. The molecule has 0 aromatic carbocycles. The molecule has 16 heteroatoms. The van der Waals surface area contributed by atoms with Crippen molar-refractivity contribution in [3.05, 3.63) is 20.2 Å². The lowest BCUT2D eigenvalue weighted by atomic mass is 10.3. The fourth-order valence-electron chi connectivity index (χ4n) is 1.56. The van der Waals surface area contributed by atoms with Gasteiger partial charge in [0.15, 0.2) is 0 Å². The molecule has 0 aliphatic heterocycles. The van der Waals surface area contributed by atoms with E-state index in [1.165, 1.54) is 0 Å². The van der Waals surface area contributed by atoms with Gasteiger partial charge in [0.25, 0.3) is 10.2 Å². The van der Waals surface area contributed by atoms with Crippen molar-refractivity contribution < 1.29 is 48.8 Å². The van der Waals surface area contributed by atoms with E-state index in [9.17, 15) is 34.6 Å². The molecule has 29 heavy (non-hydrogen) atoms. The Labute approximate surface area is 168 Å². The zero-order chi connectivity index (χ0) is 22.1. The lowest BCUT2D eigenvalue weighted by molar-refractivity contribution is -0.757. The Morgan fingerprint density at radius 1 is 0.897 bits per heavy atom. The Morgan fingerprint density at radius 2 is 1.38 bits per heavy atom. The molecule has 1 atom stereocenters. The third-order valence-corrected chi connectivity index (χ3v) is 3.74. The van der Waals surface area contributed by atoms with Crippen LogP contribution in [0.3, 0.4) is 0 Å². The predicted molar refractivity (Wildman–Crippen MR) is 94.1 cm³/mol. The van der Waals surface area contributed by atoms with Crippen LogP contribution in [0.5, 0.6) is 0 Å². The molecule has 0 aliphatic carbocycles. The number of hydrogen-bond donors (Lipinski definition) is 2. The number of nitrogens with one attached hydrogen (secondary N) is 1. The number of carboxylic acid groups (broad SMARTS) is 1. The Morgan fingerprint density at radius 3 is 1.86 bits per heavy atom. The highest BCUT2D eigenvalue weighted by Crippen LogP contribution is 2.09. The van der Waals surface area contributed by atoms with E-state index in [0.29, 0.717) is 24.6 Å². The largest absolute Gasteiger partial charge is 0.480 e. The number of amides is 1. The number of unbranched alkanes of at least 4 members (excludes halogenated alkanes) is 2. The van der Waals surface area contributed by atoms with Crippen molar-refractivity contribution in [2.45, 2.75) is 31.7 Å². The van der Waals surface area contributed by atoms with Crippen molar-refractivity contribution >= 4 is 29.1 Å². The predicted octanol–water partition coefficient (Wildman–Crippen LogP) is 1.01. The first-order chi connectivity index (χ1) is 13.7. The zero-order valence-electron chi connectivity index (χ0n) is 15.2. The summed E-state index contributed by atoms with van der Waals surface area (Å²) >= 11 is 0.529. The fraction of sp³-hybridized carbons (Fsp3) is 0.769. The maximum Gasteiger partial charge on any atom is 0.407 e. The summed E-state index contributed by atoms with van der Waals surface area (Å²) in [5, 5.41) is 28.3. The molecule has 0 saturated carbocycles. The number of thioether (sulfide) groups is 1. The Balaban J connectivity index is 3.93. The molecule has 0 aliphatic rings. The van der Waals surface area contributed by atoms with E-state index in [2.05, 4.69) is 15.0 Å². The Kier molecular flexibility index (Phi) is 14.3. The van der Waals surface area contributed by atoms with Gasteiger partial charge < -0.3 is 29.6 Å². The zero-order valence-corrected chi connectivity index (χ0v) is 16.0. The molecule has 15 nitrogen and oxygen atoms in total. The third kappa shape index (κ3) is 16.8. The first-order valence-corrected chi connectivity index (χ1v) is 9.21. The number of carbonyl (C=O) groups excluding carboxylic acids is 2. The minimum absolute atomic E-state index is 0.0275. The highest BCUT2D eigenvalue weighted by molar-refractivity contribution is 8.13. The molecule has 0 saturated heterocycles. The van der Waals surface area contributed by atoms with Crippen molar-refractivity contribution in [3.63, 3.8) is 0 Å². The van der Waals surface area contributed by atoms with Crippen LogP contribution in [0.15, 0.2) is 0 Å². The fourth-order valence-corrected chi connectivity index (χ4v) is 2.25. The van der Waals surface area contributed by atoms with Gasteiger partial charge in [-0.2, -0.15) is 0 Å². The van der Waals surface area contributed by atoms with Crippen LogP contribution in [0.2, 0.25) is 0 Å². The smallest absolute Gasteiger partial charge is 0.407 e. The summed E-state index contributed by atoms with van der Waals surface area (Å²) in [6.45, 7) is -0.417. The molecule has 0 fully saturated rings. The van der Waals surface area contributed by atoms with Crippen LogP contribution in [-0.4, -0.2) is 70.9 Å². The number of carboxylic acids is 1. The number of alkyl carbamates (subject to hydrolysis) is 1. The van der Waals surface area contributed by atoms with Crippen LogP contribution < -0.4 is 5.32 Å². The van der Waals surface area contributed by atoms with Gasteiger partial charge in [-0.15, -0.1) is 20.2 Å². The van der Waals surface area contributed by atoms with Crippen molar-refractivity contribution in [1.82, 2.24) is 5.32 Å². The maximum atomic E-state index is 11.5. The lowest BCUT2D eigenvalue weighted by Gasteiger charge is -2.14. The van der Waals surface area contributed by atoms with Gasteiger partial charge in [0.1, 0.15) is 6.04 Å². The van der Waals surface area contributed by atoms with Gasteiger partial charge in [-0.05, 0) is 37.4 Å². The highest BCUT2D eigenvalue weighted by Gasteiger charge is 2.22. The number of rotatable bonds is 16. The molecule has 0 bridgehead atoms. The number of hydrogen-bond acceptors (Lipinski definition) is 12. The number of ether oxygens (including phenoxy) is 2. The second-order valence-corrected chi connectivity index (χ2v) is 6.06. The van der Waals surface area contributed by atoms with Gasteiger partial charge in [0, 0.05) is 5.75 Å². The molecule has 0 rings (SSSR count). The summed E-state index contributed by atoms with van der Waals surface area (Å²) in [7, 11) is 0. The topological polar surface area (TPSA) is 207 Å². The van der Waals surface area contributed by atoms with E-state index < -0.39 is 33.6 Å². The summed E-state index contributed by atoms with van der Waals surface area (Å²) in [6.07, 6.45) is 0.123. The van der Waals surface area contributed by atoms with Gasteiger partial charge in [-0.1, -0.05) is 0 Å². The van der Waals surface area contributed by atoms with Crippen LogP contribution in [0.25, 0.3) is 0 Å². The molecule has 166 valence electrons. The average Bonchev–Trinajstić information content (AvgIpc) is 2.63. The molecule has 0 spiro atoms. The number of aliphatic carboxylic acids is 1. The summed E-state index contributed by atoms with van der Waals surface area (Å²) in [5.74, 6) is -1.71. The van der Waals surface area contributed by atoms with Crippen molar-refractivity contribution in [3.8, 4) is 0 Å². The summed E-state index contributed by atoms with van der Waals surface area (Å²) in [6, 6.07) is -1.41. The molecular weight excluding hydrogens is 422 g/mol. The standard InChI is InChI=1S/C13H21N3O12S/c17-11(18)10(14-12(19)25-5-1-3-7-27-15(21)22)9-29-13(20)26-6-2-4-8-28-16(23)24/h10H,1-9H2,(H,14,19)(H,17,18). The first kappa shape index (κ1) is 26.0. The molecule has 2 N–H and O–H groups in total. The van der Waals surface area contributed by atoms with Crippen molar-refractivity contribution in [1.29, 1.82) is 0 Å². The molecule has 0 heterocycles. The van der Waals surface area contributed by atoms with Crippen molar-refractivity contribution in [2.24, 2.45) is 0 Å². The summed E-state index contributed by atoms with van der Waals surface area (Å²) in [5.41, 5.74) is 0. The summed E-state index contributed by atoms with van der Waals surface area (Å²) < 4.78 is 9.54. The highest BCUT2D eigenvalue weighted by atomic mass is 32.2. The van der Waals surface area contributed by atoms with Gasteiger partial charge in [-0.3, -0.25) is 0 Å². The Bertz CT molecular complexity index is 561. The minimum Gasteiger partial charge on any atom is -0.480 e. The van der Waals surface area contributed by atoms with Crippen molar-refractivity contribution in [2.75, 3.05) is 32.2 Å². The molecular formula is C13H21N3O12S. The van der Waals surface area contributed by atoms with E-state index in [1.807, 2.05) is 0 Å². The van der Waals surface area contributed by atoms with Crippen LogP contribution in [0, 0.1) is 20.2 Å². The monoisotopic (exact) mass is 443 g/mol. The normalized spacial score (nSPS) is 11.0. The molecule has 0 radical (unpaired) electrons. The quantitative estimate of drug-likeness (QED) is 0.148. The van der Waals surface area contributed by atoms with E-state index in [-0.39, 0.29) is 45.0 Å². The maximum absolute atomic E-state index is 11.5. The van der Waals surface area contributed by atoms with Crippen LogP contribution >= 0.6 is 11.8 Å². The van der Waals surface area contributed by atoms with Gasteiger partial charge in [-0.25, -0.2) is 14.4 Å². The second-order valence-electron chi connectivity index (χ2n) is 5.11. The number of carbonyl (C=O) groups is 3. The van der Waals surface area contributed by atoms with Crippen LogP contribution in [-0.2, 0) is 23.9 Å². The van der Waals surface area contributed by atoms with E-state index in [4.69, 9.17) is 14.6 Å². The molecule has 1 unspecified atom stereocenters. The molecule has 0 aromatic rings. The SMILES string of the molecule is O=C(NC(CSC(=O)OCCCCO[N+](=O)[O-])C(=O)O)OCCCCO[N+](=O)[O-]. The average molecular weight is 443 g/mol. The van der Waals surface area contributed by atoms with E-state index >= 15 is 0 Å². The van der Waals surface area contributed by atoms with Gasteiger partial charge in [0.05, 0.1) is 26.4 Å². The van der Waals surface area contributed by atoms with E-state index in [0.717, 1.165) is 0 Å². The molecule has 1 amide bonds. The van der Waals surface area contributed by atoms with Crippen LogP contribution in [0.4, 0.5) is 9.59 Å². The Hall–Kier alpha value is -3.04. The lowest BCUT2D eigenvalue weighted by Crippen LogP contribution is -2.43.